The van der Waals surface area contributed by atoms with E-state index in [0.717, 1.165) is 23.4 Å². The standard InChI is InChI=1S/C23H20N2O3/c1-28-17-9-6-14(7-10-17)23-20-12-15-4-2-3-5-18(15)22(20)19-13-16(25(26)27)8-11-21(19)24-23/h2-11,13,20,22-24H,12H2,1H3/t20-,22-,23-/m0/s1. The second kappa shape index (κ2) is 6.37. The van der Waals surface area contributed by atoms with E-state index in [1.807, 2.05) is 18.2 Å². The predicted octanol–water partition coefficient (Wildman–Crippen LogP) is 5.07. The minimum absolute atomic E-state index is 0.136. The summed E-state index contributed by atoms with van der Waals surface area (Å²) in [5.41, 5.74) is 5.96. The van der Waals surface area contributed by atoms with Crippen molar-refractivity contribution in [1.82, 2.24) is 0 Å². The van der Waals surface area contributed by atoms with E-state index in [1.54, 1.807) is 19.2 Å². The molecule has 5 rings (SSSR count). The zero-order valence-corrected chi connectivity index (χ0v) is 15.5. The Morgan fingerprint density at radius 2 is 1.82 bits per heavy atom. The van der Waals surface area contributed by atoms with Gasteiger partial charge in [0.25, 0.3) is 5.69 Å². The molecule has 0 unspecified atom stereocenters. The molecule has 0 amide bonds. The van der Waals surface area contributed by atoms with Crippen LogP contribution in [0.4, 0.5) is 11.4 Å². The van der Waals surface area contributed by atoms with Gasteiger partial charge in [0.2, 0.25) is 0 Å². The Hall–Kier alpha value is -3.34. The van der Waals surface area contributed by atoms with Gasteiger partial charge in [0.05, 0.1) is 18.1 Å². The lowest BCUT2D eigenvalue weighted by molar-refractivity contribution is -0.384. The third-order valence-electron chi connectivity index (χ3n) is 6.07. The van der Waals surface area contributed by atoms with Crippen LogP contribution in [0.25, 0.3) is 0 Å². The molecule has 140 valence electrons. The van der Waals surface area contributed by atoms with Crippen LogP contribution in [-0.4, -0.2) is 12.0 Å². The quantitative estimate of drug-likeness (QED) is 0.515. The molecule has 5 nitrogen and oxygen atoms in total. The van der Waals surface area contributed by atoms with Crippen molar-refractivity contribution in [2.75, 3.05) is 12.4 Å². The van der Waals surface area contributed by atoms with E-state index in [4.69, 9.17) is 4.74 Å². The predicted molar refractivity (Wildman–Crippen MR) is 108 cm³/mol. The number of nitrogens with one attached hydrogen (secondary N) is 1. The van der Waals surface area contributed by atoms with Gasteiger partial charge < -0.3 is 10.1 Å². The van der Waals surface area contributed by atoms with Gasteiger partial charge in [-0.2, -0.15) is 0 Å². The van der Waals surface area contributed by atoms with Crippen LogP contribution in [0, 0.1) is 16.0 Å². The van der Waals surface area contributed by atoms with Crippen LogP contribution in [0.1, 0.15) is 34.2 Å². The molecule has 1 aliphatic heterocycles. The van der Waals surface area contributed by atoms with E-state index in [0.29, 0.717) is 5.92 Å². The Morgan fingerprint density at radius 1 is 1.04 bits per heavy atom. The molecular weight excluding hydrogens is 352 g/mol. The first-order valence-electron chi connectivity index (χ1n) is 9.42. The number of nitrogens with zero attached hydrogens (tertiary/aromatic N) is 1. The molecule has 28 heavy (non-hydrogen) atoms. The molecule has 0 radical (unpaired) electrons. The molecule has 1 N–H and O–H groups in total. The first kappa shape index (κ1) is 16.8. The number of non-ortho nitro benzene ring substituents is 1. The van der Waals surface area contributed by atoms with E-state index >= 15 is 0 Å². The molecule has 3 atom stereocenters. The number of anilines is 1. The van der Waals surface area contributed by atoms with Crippen LogP contribution in [0.3, 0.4) is 0 Å². The van der Waals surface area contributed by atoms with E-state index in [1.165, 1.54) is 16.7 Å². The first-order chi connectivity index (χ1) is 13.7. The van der Waals surface area contributed by atoms with Crippen molar-refractivity contribution in [2.45, 2.75) is 18.4 Å². The molecular formula is C23H20N2O3. The maximum absolute atomic E-state index is 11.3. The normalized spacial score (nSPS) is 21.8. The van der Waals surface area contributed by atoms with Gasteiger partial charge >= 0.3 is 0 Å². The molecule has 0 saturated carbocycles. The number of benzene rings is 3. The minimum atomic E-state index is -0.314. The fourth-order valence-corrected chi connectivity index (χ4v) is 4.80. The Bertz CT molecular complexity index is 1060. The van der Waals surface area contributed by atoms with Gasteiger partial charge in [0.15, 0.2) is 0 Å². The van der Waals surface area contributed by atoms with Crippen molar-refractivity contribution in [3.05, 3.63) is 99.1 Å². The summed E-state index contributed by atoms with van der Waals surface area (Å²) < 4.78 is 5.30. The zero-order valence-electron chi connectivity index (χ0n) is 15.5. The summed E-state index contributed by atoms with van der Waals surface area (Å²) in [6.07, 6.45) is 0.951. The summed E-state index contributed by atoms with van der Waals surface area (Å²) >= 11 is 0. The van der Waals surface area contributed by atoms with Crippen LogP contribution in [0.2, 0.25) is 0 Å². The van der Waals surface area contributed by atoms with Crippen molar-refractivity contribution in [3.8, 4) is 5.75 Å². The van der Waals surface area contributed by atoms with Gasteiger partial charge in [0.1, 0.15) is 5.75 Å². The first-order valence-corrected chi connectivity index (χ1v) is 9.42. The van der Waals surface area contributed by atoms with E-state index in [-0.39, 0.29) is 22.6 Å². The minimum Gasteiger partial charge on any atom is -0.497 e. The average Bonchev–Trinajstić information content (AvgIpc) is 3.12. The molecule has 0 fully saturated rings. The lowest BCUT2D eigenvalue weighted by Gasteiger charge is -2.38. The number of hydrogen-bond donors (Lipinski definition) is 1. The lowest BCUT2D eigenvalue weighted by atomic mass is 9.75. The second-order valence-electron chi connectivity index (χ2n) is 7.47. The molecule has 3 aromatic carbocycles. The van der Waals surface area contributed by atoms with Crippen LogP contribution in [-0.2, 0) is 6.42 Å². The number of nitro groups is 1. The average molecular weight is 372 g/mol. The van der Waals surface area contributed by atoms with Crippen LogP contribution in [0.15, 0.2) is 66.7 Å². The Kier molecular flexibility index (Phi) is 3.83. The molecule has 5 heteroatoms. The monoisotopic (exact) mass is 372 g/mol. The van der Waals surface area contributed by atoms with Crippen LogP contribution < -0.4 is 10.1 Å². The highest BCUT2D eigenvalue weighted by molar-refractivity contribution is 5.65. The van der Waals surface area contributed by atoms with Crippen molar-refractivity contribution >= 4 is 11.4 Å². The Labute approximate surface area is 163 Å². The third-order valence-corrected chi connectivity index (χ3v) is 6.07. The maximum atomic E-state index is 11.3. The number of rotatable bonds is 3. The molecule has 3 aromatic rings. The number of methoxy groups -OCH3 is 1. The summed E-state index contributed by atoms with van der Waals surface area (Å²) in [4.78, 5) is 11.0. The number of fused-ring (bicyclic) bond motifs is 5. The fraction of sp³-hybridized carbons (Fsp3) is 0.217. The lowest BCUT2D eigenvalue weighted by Crippen LogP contribution is -2.30. The van der Waals surface area contributed by atoms with Crippen LogP contribution in [0.5, 0.6) is 5.75 Å². The Balaban J connectivity index is 1.65. The highest BCUT2D eigenvalue weighted by Gasteiger charge is 2.43. The fourth-order valence-electron chi connectivity index (χ4n) is 4.80. The maximum Gasteiger partial charge on any atom is 0.269 e. The van der Waals surface area contributed by atoms with E-state index < -0.39 is 0 Å². The van der Waals surface area contributed by atoms with Gasteiger partial charge in [0, 0.05) is 23.7 Å². The smallest absolute Gasteiger partial charge is 0.269 e. The topological polar surface area (TPSA) is 64.4 Å². The summed E-state index contributed by atoms with van der Waals surface area (Å²) in [5, 5.41) is 15.0. The molecule has 0 saturated heterocycles. The number of nitro benzene ring substituents is 1. The van der Waals surface area contributed by atoms with Gasteiger partial charge in [-0.05, 0) is 52.8 Å². The zero-order chi connectivity index (χ0) is 19.3. The molecule has 2 aliphatic rings. The summed E-state index contributed by atoms with van der Waals surface area (Å²) in [5.74, 6) is 1.29. The largest absolute Gasteiger partial charge is 0.497 e. The number of ether oxygens (including phenoxy) is 1. The highest BCUT2D eigenvalue weighted by atomic mass is 16.6. The molecule has 1 heterocycles. The summed E-state index contributed by atoms with van der Waals surface area (Å²) in [7, 11) is 1.67. The van der Waals surface area contributed by atoms with E-state index in [2.05, 4.69) is 41.7 Å². The van der Waals surface area contributed by atoms with Crippen molar-refractivity contribution in [2.24, 2.45) is 5.92 Å². The summed E-state index contributed by atoms with van der Waals surface area (Å²) in [6, 6.07) is 22.0. The van der Waals surface area contributed by atoms with Crippen molar-refractivity contribution in [3.63, 3.8) is 0 Å². The molecule has 0 spiro atoms. The second-order valence-corrected chi connectivity index (χ2v) is 7.47. The molecule has 0 bridgehead atoms. The van der Waals surface area contributed by atoms with Crippen molar-refractivity contribution < 1.29 is 9.66 Å². The van der Waals surface area contributed by atoms with Crippen LogP contribution >= 0.6 is 0 Å². The molecule has 1 aliphatic carbocycles. The highest BCUT2D eigenvalue weighted by Crippen LogP contribution is 2.54. The number of hydrogen-bond acceptors (Lipinski definition) is 4. The van der Waals surface area contributed by atoms with Gasteiger partial charge in [-0.15, -0.1) is 0 Å². The van der Waals surface area contributed by atoms with Gasteiger partial charge in [-0.25, -0.2) is 0 Å². The van der Waals surface area contributed by atoms with Crippen molar-refractivity contribution in [1.29, 1.82) is 0 Å². The Morgan fingerprint density at radius 3 is 2.57 bits per heavy atom. The van der Waals surface area contributed by atoms with Gasteiger partial charge in [-0.1, -0.05) is 36.4 Å². The van der Waals surface area contributed by atoms with Gasteiger partial charge in [-0.3, -0.25) is 10.1 Å². The summed E-state index contributed by atoms with van der Waals surface area (Å²) in [6.45, 7) is 0. The van der Waals surface area contributed by atoms with E-state index in [9.17, 15) is 10.1 Å². The SMILES string of the molecule is COc1ccc([C@@H]2Nc3ccc([N+](=O)[O-])cc3[C@@H]3c4ccccc4C[C@@H]32)cc1. The molecule has 0 aromatic heterocycles. The third kappa shape index (κ3) is 2.54.